The molecule has 0 saturated carbocycles. The molecule has 100 valence electrons. The molecule has 1 heterocycles. The van der Waals surface area contributed by atoms with Gasteiger partial charge in [0.15, 0.2) is 0 Å². The molecule has 2 nitrogen and oxygen atoms in total. The fourth-order valence-corrected chi connectivity index (χ4v) is 3.22. The lowest BCUT2D eigenvalue weighted by Crippen LogP contribution is -2.32. The Bertz CT molecular complexity index is 603. The maximum absolute atomic E-state index is 10.9. The van der Waals surface area contributed by atoms with Crippen LogP contribution in [0.2, 0.25) is 5.02 Å². The molecule has 1 N–H and O–H groups in total. The minimum atomic E-state index is -0.848. The topological polar surface area (TPSA) is 33.4 Å². The van der Waals surface area contributed by atoms with E-state index in [2.05, 4.69) is 0 Å². The molecule has 0 bridgehead atoms. The molecule has 19 heavy (non-hydrogen) atoms. The van der Waals surface area contributed by atoms with Crippen molar-refractivity contribution in [3.8, 4) is 0 Å². The van der Waals surface area contributed by atoms with Crippen molar-refractivity contribution in [3.63, 3.8) is 0 Å². The summed E-state index contributed by atoms with van der Waals surface area (Å²) in [6.45, 7) is 2.01. The van der Waals surface area contributed by atoms with E-state index in [1.807, 2.05) is 31.2 Å². The summed E-state index contributed by atoms with van der Waals surface area (Å²) in [6.07, 6.45) is 4.81. The Labute approximate surface area is 118 Å². The molecular formula is C16H17ClO2. The molecule has 0 saturated heterocycles. The van der Waals surface area contributed by atoms with Crippen molar-refractivity contribution in [2.24, 2.45) is 0 Å². The zero-order chi connectivity index (χ0) is 13.5. The Morgan fingerprint density at radius 3 is 3.00 bits per heavy atom. The molecule has 1 unspecified atom stereocenters. The summed E-state index contributed by atoms with van der Waals surface area (Å²) < 4.78 is 5.45. The maximum Gasteiger partial charge on any atom is 0.109 e. The zero-order valence-corrected chi connectivity index (χ0v) is 11.7. The number of aryl methyl sites for hydroxylation is 2. The molecule has 0 radical (unpaired) electrons. The van der Waals surface area contributed by atoms with Gasteiger partial charge in [-0.25, -0.2) is 0 Å². The highest BCUT2D eigenvalue weighted by Gasteiger charge is 2.36. The van der Waals surface area contributed by atoms with Crippen LogP contribution in [0.15, 0.2) is 34.9 Å². The summed E-state index contributed by atoms with van der Waals surface area (Å²) >= 11 is 6.28. The maximum atomic E-state index is 10.9. The predicted molar refractivity (Wildman–Crippen MR) is 75.4 cm³/mol. The SMILES string of the molecule is Cc1ccc(CC2(O)CCCc3occc32)c(Cl)c1. The fraction of sp³-hybridized carbons (Fsp3) is 0.375. The molecule has 0 fully saturated rings. The van der Waals surface area contributed by atoms with E-state index in [9.17, 15) is 5.11 Å². The molecule has 1 aliphatic rings. The molecule has 3 heteroatoms. The minimum absolute atomic E-state index is 0.540. The molecule has 0 spiro atoms. The van der Waals surface area contributed by atoms with Gasteiger partial charge in [0.2, 0.25) is 0 Å². The third kappa shape index (κ3) is 2.31. The molecule has 2 aromatic rings. The van der Waals surface area contributed by atoms with Gasteiger partial charge in [0, 0.05) is 23.4 Å². The first-order valence-electron chi connectivity index (χ1n) is 6.63. The number of aliphatic hydroxyl groups is 1. The summed E-state index contributed by atoms with van der Waals surface area (Å²) in [5.41, 5.74) is 2.20. The second-order valence-corrected chi connectivity index (χ2v) is 5.82. The lowest BCUT2D eigenvalue weighted by molar-refractivity contribution is 0.0169. The highest BCUT2D eigenvalue weighted by molar-refractivity contribution is 6.31. The number of furan rings is 1. The van der Waals surface area contributed by atoms with Crippen LogP contribution < -0.4 is 0 Å². The van der Waals surface area contributed by atoms with E-state index in [1.165, 1.54) is 0 Å². The number of fused-ring (bicyclic) bond motifs is 1. The van der Waals surface area contributed by atoms with Gasteiger partial charge in [-0.1, -0.05) is 23.7 Å². The van der Waals surface area contributed by atoms with E-state index < -0.39 is 5.60 Å². The van der Waals surface area contributed by atoms with Crippen molar-refractivity contribution in [3.05, 3.63) is 58.0 Å². The van der Waals surface area contributed by atoms with E-state index in [0.717, 1.165) is 46.7 Å². The van der Waals surface area contributed by atoms with Crippen LogP contribution in [-0.4, -0.2) is 5.11 Å². The normalized spacial score (nSPS) is 22.3. The summed E-state index contributed by atoms with van der Waals surface area (Å²) in [5.74, 6) is 0.914. The summed E-state index contributed by atoms with van der Waals surface area (Å²) in [5, 5.41) is 11.7. The molecule has 0 amide bonds. The Morgan fingerprint density at radius 2 is 2.21 bits per heavy atom. The number of benzene rings is 1. The van der Waals surface area contributed by atoms with Gasteiger partial charge >= 0.3 is 0 Å². The van der Waals surface area contributed by atoms with Gasteiger partial charge in [0.1, 0.15) is 5.76 Å². The van der Waals surface area contributed by atoms with Crippen molar-refractivity contribution >= 4 is 11.6 Å². The molecule has 3 rings (SSSR count). The first-order chi connectivity index (χ1) is 9.08. The van der Waals surface area contributed by atoms with Gasteiger partial charge in [-0.3, -0.25) is 0 Å². The fourth-order valence-electron chi connectivity index (χ4n) is 2.92. The van der Waals surface area contributed by atoms with Crippen LogP contribution in [0.4, 0.5) is 0 Å². The average Bonchev–Trinajstić information content (AvgIpc) is 2.83. The second-order valence-electron chi connectivity index (χ2n) is 5.41. The Hall–Kier alpha value is -1.25. The van der Waals surface area contributed by atoms with E-state index in [4.69, 9.17) is 16.0 Å². The van der Waals surface area contributed by atoms with Crippen molar-refractivity contribution in [1.82, 2.24) is 0 Å². The highest BCUT2D eigenvalue weighted by atomic mass is 35.5. The Morgan fingerprint density at radius 1 is 1.37 bits per heavy atom. The first kappa shape index (κ1) is 12.8. The second kappa shape index (κ2) is 4.69. The molecule has 0 aliphatic heterocycles. The standard InChI is InChI=1S/C16H17ClO2/c1-11-4-5-12(14(17)9-11)10-16(18)7-2-3-15-13(16)6-8-19-15/h4-6,8-9,18H,2-3,7,10H2,1H3. The zero-order valence-electron chi connectivity index (χ0n) is 10.9. The minimum Gasteiger partial charge on any atom is -0.469 e. The lowest BCUT2D eigenvalue weighted by Gasteiger charge is -2.32. The quantitative estimate of drug-likeness (QED) is 0.899. The summed E-state index contributed by atoms with van der Waals surface area (Å²) in [6, 6.07) is 7.86. The Kier molecular flexibility index (Phi) is 3.15. The van der Waals surface area contributed by atoms with Gasteiger partial charge in [0.25, 0.3) is 0 Å². The third-order valence-corrected chi connectivity index (χ3v) is 4.28. The Balaban J connectivity index is 1.95. The van der Waals surface area contributed by atoms with Crippen LogP contribution >= 0.6 is 11.6 Å². The van der Waals surface area contributed by atoms with E-state index in [0.29, 0.717) is 6.42 Å². The van der Waals surface area contributed by atoms with Crippen molar-refractivity contribution < 1.29 is 9.52 Å². The van der Waals surface area contributed by atoms with Crippen molar-refractivity contribution in [2.45, 2.75) is 38.2 Å². The average molecular weight is 277 g/mol. The predicted octanol–water partition coefficient (Wildman–Crippen LogP) is 4.01. The van der Waals surface area contributed by atoms with Crippen molar-refractivity contribution in [1.29, 1.82) is 0 Å². The van der Waals surface area contributed by atoms with E-state index in [-0.39, 0.29) is 0 Å². The van der Waals surface area contributed by atoms with Gasteiger partial charge < -0.3 is 9.52 Å². The largest absolute Gasteiger partial charge is 0.469 e. The third-order valence-electron chi connectivity index (χ3n) is 3.93. The van der Waals surface area contributed by atoms with Gasteiger partial charge in [-0.15, -0.1) is 0 Å². The first-order valence-corrected chi connectivity index (χ1v) is 7.00. The summed E-state index contributed by atoms with van der Waals surface area (Å²) in [7, 11) is 0. The van der Waals surface area contributed by atoms with Crippen LogP contribution in [0.1, 0.15) is 35.3 Å². The van der Waals surface area contributed by atoms with Crippen LogP contribution in [-0.2, 0) is 18.4 Å². The number of rotatable bonds is 2. The van der Waals surface area contributed by atoms with Crippen LogP contribution in [0.5, 0.6) is 0 Å². The van der Waals surface area contributed by atoms with E-state index >= 15 is 0 Å². The van der Waals surface area contributed by atoms with Gasteiger partial charge in [-0.05, 0) is 43.0 Å². The van der Waals surface area contributed by atoms with Crippen molar-refractivity contribution in [2.75, 3.05) is 0 Å². The number of hydrogen-bond acceptors (Lipinski definition) is 2. The highest BCUT2D eigenvalue weighted by Crippen LogP contribution is 2.39. The molecule has 1 aromatic carbocycles. The number of hydrogen-bond donors (Lipinski definition) is 1. The smallest absolute Gasteiger partial charge is 0.109 e. The summed E-state index contributed by atoms with van der Waals surface area (Å²) in [4.78, 5) is 0. The molecule has 1 atom stereocenters. The van der Waals surface area contributed by atoms with Crippen LogP contribution in [0.3, 0.4) is 0 Å². The monoisotopic (exact) mass is 276 g/mol. The van der Waals surface area contributed by atoms with Gasteiger partial charge in [-0.2, -0.15) is 0 Å². The number of halogens is 1. The lowest BCUT2D eigenvalue weighted by atomic mass is 9.79. The van der Waals surface area contributed by atoms with Crippen LogP contribution in [0, 0.1) is 6.92 Å². The molecular weight excluding hydrogens is 260 g/mol. The van der Waals surface area contributed by atoms with Gasteiger partial charge in [0.05, 0.1) is 11.9 Å². The molecule has 1 aliphatic carbocycles. The van der Waals surface area contributed by atoms with Crippen LogP contribution in [0.25, 0.3) is 0 Å². The molecule has 1 aromatic heterocycles. The van der Waals surface area contributed by atoms with E-state index in [1.54, 1.807) is 6.26 Å².